The van der Waals surface area contributed by atoms with Gasteiger partial charge in [-0.15, -0.1) is 0 Å². The number of carbonyl (C=O) groups is 2. The van der Waals surface area contributed by atoms with Gasteiger partial charge in [-0.2, -0.15) is 0 Å². The topological polar surface area (TPSA) is 56.5 Å². The average molecular weight is 282 g/mol. The highest BCUT2D eigenvalue weighted by atomic mass is 28.3. The van der Waals surface area contributed by atoms with E-state index in [9.17, 15) is 9.59 Å². The molecule has 0 saturated carbocycles. The fourth-order valence-corrected chi connectivity index (χ4v) is 2.07. The van der Waals surface area contributed by atoms with Crippen LogP contribution in [0.5, 0.6) is 0 Å². The molecule has 0 bridgehead atoms. The molecule has 4 nitrogen and oxygen atoms in total. The van der Waals surface area contributed by atoms with Crippen molar-refractivity contribution in [2.75, 3.05) is 6.23 Å². The Morgan fingerprint density at radius 1 is 1.47 bits per heavy atom. The van der Waals surface area contributed by atoms with Crippen molar-refractivity contribution in [3.05, 3.63) is 23.7 Å². The summed E-state index contributed by atoms with van der Waals surface area (Å²) in [6, 6.07) is 1.63. The predicted octanol–water partition coefficient (Wildman–Crippen LogP) is 3.08. The van der Waals surface area contributed by atoms with Gasteiger partial charge in [-0.25, -0.2) is 4.79 Å². The van der Waals surface area contributed by atoms with Crippen LogP contribution in [0.25, 0.3) is 0 Å². The van der Waals surface area contributed by atoms with Crippen LogP contribution < -0.4 is 0 Å². The van der Waals surface area contributed by atoms with Crippen LogP contribution in [0.4, 0.5) is 0 Å². The zero-order valence-electron chi connectivity index (χ0n) is 12.1. The molecule has 0 amide bonds. The highest BCUT2D eigenvalue weighted by Crippen LogP contribution is 2.16. The summed E-state index contributed by atoms with van der Waals surface area (Å²) in [6.07, 6.45) is 4.15. The molecule has 19 heavy (non-hydrogen) atoms. The first-order chi connectivity index (χ1) is 8.83. The van der Waals surface area contributed by atoms with Gasteiger partial charge >= 0.3 is 5.97 Å². The van der Waals surface area contributed by atoms with Crippen molar-refractivity contribution in [3.63, 3.8) is 0 Å². The summed E-state index contributed by atoms with van der Waals surface area (Å²) < 4.78 is 10.6. The zero-order valence-corrected chi connectivity index (χ0v) is 13.1. The van der Waals surface area contributed by atoms with Gasteiger partial charge in [0.15, 0.2) is 0 Å². The minimum atomic E-state index is -1.41. The molecule has 0 N–H and O–H groups in total. The normalized spacial score (nSPS) is 13.1. The highest BCUT2D eigenvalue weighted by Gasteiger charge is 2.20. The number of esters is 1. The van der Waals surface area contributed by atoms with Gasteiger partial charge < -0.3 is 13.9 Å². The maximum atomic E-state index is 12.0. The van der Waals surface area contributed by atoms with Crippen molar-refractivity contribution in [1.29, 1.82) is 0 Å². The van der Waals surface area contributed by atoms with E-state index in [4.69, 9.17) is 9.15 Å². The minimum Gasteiger partial charge on any atom is -0.468 e. The molecule has 1 rings (SSSR count). The molecule has 0 aromatic carbocycles. The highest BCUT2D eigenvalue weighted by molar-refractivity contribution is 6.76. The molecule has 0 aliphatic carbocycles. The number of rotatable bonds is 7. The summed E-state index contributed by atoms with van der Waals surface area (Å²) in [6.45, 7) is 8.27. The molecular formula is C14H22O4Si. The first-order valence-corrected chi connectivity index (χ1v) is 10.2. The predicted molar refractivity (Wildman–Crippen MR) is 75.9 cm³/mol. The van der Waals surface area contributed by atoms with Gasteiger partial charge in [-0.05, 0) is 12.5 Å². The van der Waals surface area contributed by atoms with Crippen LogP contribution in [0.3, 0.4) is 0 Å². The Morgan fingerprint density at radius 3 is 2.74 bits per heavy atom. The Bertz CT molecular complexity index is 431. The average Bonchev–Trinajstić information content (AvgIpc) is 2.80. The van der Waals surface area contributed by atoms with Gasteiger partial charge in [-0.1, -0.05) is 26.6 Å². The number of hydrogen-bond acceptors (Lipinski definition) is 4. The van der Waals surface area contributed by atoms with Crippen LogP contribution in [0.1, 0.15) is 29.5 Å². The van der Waals surface area contributed by atoms with E-state index in [1.165, 1.54) is 6.26 Å². The lowest BCUT2D eigenvalue weighted by molar-refractivity contribution is -0.110. The van der Waals surface area contributed by atoms with E-state index in [0.29, 0.717) is 30.4 Å². The summed E-state index contributed by atoms with van der Waals surface area (Å²) in [4.78, 5) is 22.5. The summed E-state index contributed by atoms with van der Waals surface area (Å²) >= 11 is 0. The largest absolute Gasteiger partial charge is 0.468 e. The van der Waals surface area contributed by atoms with Crippen LogP contribution in [0, 0.1) is 5.92 Å². The number of hydrogen-bond donors (Lipinski definition) is 0. The molecular weight excluding hydrogens is 260 g/mol. The second kappa shape index (κ2) is 6.70. The molecule has 106 valence electrons. The molecule has 0 aliphatic rings. The van der Waals surface area contributed by atoms with Gasteiger partial charge in [0.25, 0.3) is 0 Å². The Kier molecular flexibility index (Phi) is 5.54. The first-order valence-electron chi connectivity index (χ1n) is 6.52. The number of aryl methyl sites for hydroxylation is 1. The molecule has 5 heteroatoms. The molecule has 0 spiro atoms. The van der Waals surface area contributed by atoms with Gasteiger partial charge in [0, 0.05) is 12.3 Å². The smallest absolute Gasteiger partial charge is 0.341 e. The van der Waals surface area contributed by atoms with Crippen LogP contribution >= 0.6 is 0 Å². The second-order valence-electron chi connectivity index (χ2n) is 6.05. The lowest BCUT2D eigenvalue weighted by Gasteiger charge is -2.15. The molecule has 1 aromatic heterocycles. The second-order valence-corrected chi connectivity index (χ2v) is 11.5. The van der Waals surface area contributed by atoms with Crippen molar-refractivity contribution in [1.82, 2.24) is 0 Å². The lowest BCUT2D eigenvalue weighted by Crippen LogP contribution is -2.30. The molecule has 0 fully saturated rings. The maximum Gasteiger partial charge on any atom is 0.341 e. The van der Waals surface area contributed by atoms with Crippen molar-refractivity contribution in [3.8, 4) is 0 Å². The van der Waals surface area contributed by atoms with Crippen molar-refractivity contribution in [2.24, 2.45) is 5.92 Å². The third kappa shape index (κ3) is 5.42. The van der Waals surface area contributed by atoms with E-state index in [1.807, 2.05) is 6.92 Å². The van der Waals surface area contributed by atoms with Gasteiger partial charge in [0.05, 0.1) is 20.6 Å². The van der Waals surface area contributed by atoms with Crippen LogP contribution in [0.15, 0.2) is 16.7 Å². The molecule has 0 saturated heterocycles. The Hall–Kier alpha value is -1.36. The maximum absolute atomic E-state index is 12.0. The van der Waals surface area contributed by atoms with Gasteiger partial charge in [0.2, 0.25) is 0 Å². The van der Waals surface area contributed by atoms with E-state index >= 15 is 0 Å². The van der Waals surface area contributed by atoms with E-state index in [0.717, 1.165) is 6.29 Å². The quantitative estimate of drug-likeness (QED) is 0.438. The zero-order chi connectivity index (χ0) is 14.5. The monoisotopic (exact) mass is 282 g/mol. The van der Waals surface area contributed by atoms with Crippen molar-refractivity contribution >= 4 is 20.3 Å². The Balaban J connectivity index is 2.61. The number of aldehydes is 1. The number of ether oxygens (including phenoxy) is 1. The molecule has 0 radical (unpaired) electrons. The SMILES string of the molecule is CC(C=O)CCc1occc1C(=O)OC[Si](C)(C)C. The third-order valence-electron chi connectivity index (χ3n) is 2.66. The fraction of sp³-hybridized carbons (Fsp3) is 0.571. The van der Waals surface area contributed by atoms with E-state index in [-0.39, 0.29) is 11.9 Å². The van der Waals surface area contributed by atoms with Crippen molar-refractivity contribution in [2.45, 2.75) is 39.4 Å². The van der Waals surface area contributed by atoms with Gasteiger partial charge in [-0.3, -0.25) is 0 Å². The summed E-state index contributed by atoms with van der Waals surface area (Å²) in [7, 11) is -1.41. The molecule has 1 aromatic rings. The first kappa shape index (κ1) is 15.7. The van der Waals surface area contributed by atoms with Crippen LogP contribution in [-0.2, 0) is 16.0 Å². The Morgan fingerprint density at radius 2 is 2.16 bits per heavy atom. The van der Waals surface area contributed by atoms with E-state index in [2.05, 4.69) is 19.6 Å². The summed E-state index contributed by atoms with van der Waals surface area (Å²) in [5.74, 6) is 0.246. The molecule has 1 atom stereocenters. The van der Waals surface area contributed by atoms with Crippen molar-refractivity contribution < 1.29 is 18.7 Å². The molecule has 1 unspecified atom stereocenters. The standard InChI is InChI=1S/C14H22O4Si/c1-11(9-15)5-6-13-12(7-8-17-13)14(16)18-10-19(2,3)4/h7-9,11H,5-6,10H2,1-4H3. The van der Waals surface area contributed by atoms with E-state index in [1.54, 1.807) is 6.07 Å². The van der Waals surface area contributed by atoms with E-state index < -0.39 is 8.07 Å². The number of carbonyl (C=O) groups excluding carboxylic acids is 2. The molecule has 1 heterocycles. The fourth-order valence-electron chi connectivity index (χ4n) is 1.50. The lowest BCUT2D eigenvalue weighted by atomic mass is 10.0. The third-order valence-corrected chi connectivity index (χ3v) is 3.67. The molecule has 0 aliphatic heterocycles. The summed E-state index contributed by atoms with van der Waals surface area (Å²) in [5.41, 5.74) is 0.483. The minimum absolute atomic E-state index is 0.0315. The van der Waals surface area contributed by atoms with Crippen LogP contribution in [0.2, 0.25) is 19.6 Å². The Labute approximate surface area is 115 Å². The van der Waals surface area contributed by atoms with Crippen LogP contribution in [-0.4, -0.2) is 26.6 Å². The number of furan rings is 1. The van der Waals surface area contributed by atoms with Gasteiger partial charge in [0.1, 0.15) is 17.6 Å². The summed E-state index contributed by atoms with van der Waals surface area (Å²) in [5, 5.41) is 0.